The lowest BCUT2D eigenvalue weighted by molar-refractivity contribution is 0.798. The second kappa shape index (κ2) is 3.89. The minimum Gasteiger partial charge on any atom is -0.335 e. The molecule has 0 atom stereocenters. The van der Waals surface area contributed by atoms with Crippen LogP contribution >= 0.6 is 0 Å². The lowest BCUT2D eigenvalue weighted by Gasteiger charge is -2.03. The molecule has 0 unspecified atom stereocenters. The fraction of sp³-hybridized carbons (Fsp3) is 0.308. The average Bonchev–Trinajstić information content (AvgIpc) is 2.56. The van der Waals surface area contributed by atoms with Gasteiger partial charge in [0.1, 0.15) is 5.82 Å². The van der Waals surface area contributed by atoms with Crippen LogP contribution in [0, 0.1) is 6.92 Å². The zero-order valence-electron chi connectivity index (χ0n) is 9.49. The summed E-state index contributed by atoms with van der Waals surface area (Å²) in [6.45, 7) is 4.22. The van der Waals surface area contributed by atoms with Crippen molar-refractivity contribution >= 4 is 0 Å². The molecule has 15 heavy (non-hydrogen) atoms. The Balaban J connectivity index is 2.58. The number of imidazole rings is 1. The predicted molar refractivity (Wildman–Crippen MR) is 62.8 cm³/mol. The molecule has 0 saturated carbocycles. The van der Waals surface area contributed by atoms with E-state index in [0.717, 1.165) is 17.9 Å². The van der Waals surface area contributed by atoms with E-state index in [2.05, 4.69) is 47.8 Å². The highest BCUT2D eigenvalue weighted by Gasteiger charge is 2.11. The van der Waals surface area contributed by atoms with E-state index in [1.807, 2.05) is 13.0 Å². The number of rotatable bonds is 2. The summed E-state index contributed by atoms with van der Waals surface area (Å²) in [6.07, 6.45) is 1.02. The van der Waals surface area contributed by atoms with E-state index in [9.17, 15) is 0 Å². The molecule has 0 aliphatic carbocycles. The SMILES string of the molecule is CCc1c(-c2ccccc2)nc(C)n1C. The highest BCUT2D eigenvalue weighted by atomic mass is 15.1. The van der Waals surface area contributed by atoms with Crippen LogP contribution in [-0.2, 0) is 13.5 Å². The first-order valence-electron chi connectivity index (χ1n) is 5.31. The first-order chi connectivity index (χ1) is 7.24. The van der Waals surface area contributed by atoms with Crippen molar-refractivity contribution in [3.8, 4) is 11.3 Å². The van der Waals surface area contributed by atoms with E-state index in [1.54, 1.807) is 0 Å². The lowest BCUT2D eigenvalue weighted by atomic mass is 10.1. The van der Waals surface area contributed by atoms with Gasteiger partial charge in [0.25, 0.3) is 0 Å². The van der Waals surface area contributed by atoms with E-state index >= 15 is 0 Å². The topological polar surface area (TPSA) is 17.8 Å². The Hall–Kier alpha value is -1.57. The van der Waals surface area contributed by atoms with Crippen LogP contribution in [0.5, 0.6) is 0 Å². The largest absolute Gasteiger partial charge is 0.335 e. The van der Waals surface area contributed by atoms with Gasteiger partial charge in [0, 0.05) is 18.3 Å². The lowest BCUT2D eigenvalue weighted by Crippen LogP contribution is -1.97. The maximum Gasteiger partial charge on any atom is 0.106 e. The smallest absolute Gasteiger partial charge is 0.106 e. The molecule has 0 aliphatic heterocycles. The first kappa shape index (κ1) is 9.97. The number of hydrogen-bond acceptors (Lipinski definition) is 1. The van der Waals surface area contributed by atoms with Crippen molar-refractivity contribution in [2.75, 3.05) is 0 Å². The van der Waals surface area contributed by atoms with Crippen LogP contribution in [0.25, 0.3) is 11.3 Å². The molecule has 2 heteroatoms. The average molecular weight is 200 g/mol. The molecule has 1 aromatic carbocycles. The van der Waals surface area contributed by atoms with E-state index in [4.69, 9.17) is 0 Å². The first-order valence-corrected chi connectivity index (χ1v) is 5.31. The van der Waals surface area contributed by atoms with Gasteiger partial charge in [-0.05, 0) is 13.3 Å². The van der Waals surface area contributed by atoms with Crippen LogP contribution in [0.1, 0.15) is 18.4 Å². The molecule has 2 aromatic rings. The van der Waals surface area contributed by atoms with Crippen LogP contribution < -0.4 is 0 Å². The van der Waals surface area contributed by atoms with Crippen LogP contribution in [0.2, 0.25) is 0 Å². The van der Waals surface area contributed by atoms with Crippen LogP contribution in [0.15, 0.2) is 30.3 Å². The Labute approximate surface area is 90.6 Å². The van der Waals surface area contributed by atoms with Crippen LogP contribution in [0.4, 0.5) is 0 Å². The zero-order valence-corrected chi connectivity index (χ0v) is 9.49. The number of nitrogens with zero attached hydrogens (tertiary/aromatic N) is 2. The summed E-state index contributed by atoms with van der Waals surface area (Å²) in [5.74, 6) is 1.07. The van der Waals surface area contributed by atoms with Crippen molar-refractivity contribution in [3.63, 3.8) is 0 Å². The van der Waals surface area contributed by atoms with Gasteiger partial charge in [-0.2, -0.15) is 0 Å². The van der Waals surface area contributed by atoms with E-state index in [-0.39, 0.29) is 0 Å². The molecular formula is C13H16N2. The van der Waals surface area contributed by atoms with Gasteiger partial charge in [-0.3, -0.25) is 0 Å². The van der Waals surface area contributed by atoms with Crippen molar-refractivity contribution in [3.05, 3.63) is 41.9 Å². The Bertz CT molecular complexity index is 455. The summed E-state index contributed by atoms with van der Waals surface area (Å²) in [4.78, 5) is 4.61. The minimum absolute atomic E-state index is 1.02. The molecule has 0 N–H and O–H groups in total. The van der Waals surface area contributed by atoms with Crippen molar-refractivity contribution in [2.45, 2.75) is 20.3 Å². The van der Waals surface area contributed by atoms with Gasteiger partial charge in [-0.15, -0.1) is 0 Å². The monoisotopic (exact) mass is 200 g/mol. The number of aromatic nitrogens is 2. The van der Waals surface area contributed by atoms with Crippen LogP contribution in [0.3, 0.4) is 0 Å². The normalized spacial score (nSPS) is 10.6. The van der Waals surface area contributed by atoms with Gasteiger partial charge >= 0.3 is 0 Å². The molecule has 78 valence electrons. The zero-order chi connectivity index (χ0) is 10.8. The Kier molecular flexibility index (Phi) is 2.58. The third kappa shape index (κ3) is 1.67. The summed E-state index contributed by atoms with van der Waals surface area (Å²) < 4.78 is 2.17. The predicted octanol–water partition coefficient (Wildman–Crippen LogP) is 2.96. The molecule has 0 radical (unpaired) electrons. The highest BCUT2D eigenvalue weighted by molar-refractivity contribution is 5.62. The maximum absolute atomic E-state index is 4.61. The summed E-state index contributed by atoms with van der Waals surface area (Å²) in [5.41, 5.74) is 3.63. The van der Waals surface area contributed by atoms with E-state index in [0.29, 0.717) is 0 Å². The Morgan fingerprint density at radius 3 is 2.47 bits per heavy atom. The quantitative estimate of drug-likeness (QED) is 0.728. The molecule has 2 nitrogen and oxygen atoms in total. The third-order valence-corrected chi connectivity index (χ3v) is 2.82. The molecule has 1 heterocycles. The second-order valence-electron chi connectivity index (χ2n) is 3.73. The van der Waals surface area contributed by atoms with Gasteiger partial charge in [0.05, 0.1) is 5.69 Å². The molecule has 0 bridgehead atoms. The molecule has 0 aliphatic rings. The maximum atomic E-state index is 4.61. The molecule has 0 saturated heterocycles. The van der Waals surface area contributed by atoms with E-state index < -0.39 is 0 Å². The molecule has 2 rings (SSSR count). The van der Waals surface area contributed by atoms with Crippen molar-refractivity contribution < 1.29 is 0 Å². The van der Waals surface area contributed by atoms with Crippen molar-refractivity contribution in [1.29, 1.82) is 0 Å². The van der Waals surface area contributed by atoms with E-state index in [1.165, 1.54) is 11.3 Å². The molecule has 0 amide bonds. The molecule has 1 aromatic heterocycles. The van der Waals surface area contributed by atoms with Gasteiger partial charge in [0.15, 0.2) is 0 Å². The van der Waals surface area contributed by atoms with Crippen molar-refractivity contribution in [2.24, 2.45) is 7.05 Å². The van der Waals surface area contributed by atoms with Gasteiger partial charge in [-0.25, -0.2) is 4.98 Å². The standard InChI is InChI=1S/C13H16N2/c1-4-12-13(14-10(2)15(12)3)11-8-6-5-7-9-11/h5-9H,4H2,1-3H3. The second-order valence-corrected chi connectivity index (χ2v) is 3.73. The molecule has 0 spiro atoms. The number of hydrogen-bond donors (Lipinski definition) is 0. The summed E-state index contributed by atoms with van der Waals surface area (Å²) in [5, 5.41) is 0. The highest BCUT2D eigenvalue weighted by Crippen LogP contribution is 2.23. The Morgan fingerprint density at radius 2 is 1.87 bits per heavy atom. The summed E-state index contributed by atoms with van der Waals surface area (Å²) in [6, 6.07) is 10.4. The van der Waals surface area contributed by atoms with Crippen LogP contribution in [-0.4, -0.2) is 9.55 Å². The number of benzene rings is 1. The van der Waals surface area contributed by atoms with Crippen molar-refractivity contribution in [1.82, 2.24) is 9.55 Å². The fourth-order valence-electron chi connectivity index (χ4n) is 1.89. The summed E-state index contributed by atoms with van der Waals surface area (Å²) in [7, 11) is 2.08. The third-order valence-electron chi connectivity index (χ3n) is 2.82. The number of aryl methyl sites for hydroxylation is 1. The van der Waals surface area contributed by atoms with Gasteiger partial charge < -0.3 is 4.57 Å². The minimum atomic E-state index is 1.02. The van der Waals surface area contributed by atoms with Gasteiger partial charge in [0.2, 0.25) is 0 Å². The molecular weight excluding hydrogens is 184 g/mol. The summed E-state index contributed by atoms with van der Waals surface area (Å²) >= 11 is 0. The Morgan fingerprint density at radius 1 is 1.20 bits per heavy atom. The van der Waals surface area contributed by atoms with Gasteiger partial charge in [-0.1, -0.05) is 37.3 Å². The fourth-order valence-corrected chi connectivity index (χ4v) is 1.89. The molecule has 0 fully saturated rings.